The van der Waals surface area contributed by atoms with Crippen molar-refractivity contribution in [2.24, 2.45) is 0 Å². The molecule has 84 valence electrons. The molecule has 0 aliphatic heterocycles. The van der Waals surface area contributed by atoms with Gasteiger partial charge in [0.2, 0.25) is 0 Å². The molecule has 5 nitrogen and oxygen atoms in total. The number of carbonyl (C=O) groups is 1. The summed E-state index contributed by atoms with van der Waals surface area (Å²) in [4.78, 5) is 19.6. The Balaban J connectivity index is 2.62. The molecular formula is C12H9N3O2. The molecule has 0 saturated carbocycles. The Hall–Kier alpha value is -2.48. The molecule has 1 aromatic heterocycles. The summed E-state index contributed by atoms with van der Waals surface area (Å²) >= 11 is 0. The van der Waals surface area contributed by atoms with Gasteiger partial charge < -0.3 is 4.74 Å². The van der Waals surface area contributed by atoms with Gasteiger partial charge in [0.15, 0.2) is 5.92 Å². The van der Waals surface area contributed by atoms with Gasteiger partial charge >= 0.3 is 5.97 Å². The van der Waals surface area contributed by atoms with E-state index < -0.39 is 11.9 Å². The zero-order valence-electron chi connectivity index (χ0n) is 9.12. The van der Waals surface area contributed by atoms with Crippen molar-refractivity contribution in [2.45, 2.75) is 5.92 Å². The molecule has 17 heavy (non-hydrogen) atoms. The van der Waals surface area contributed by atoms with Gasteiger partial charge in [-0.25, -0.2) is 9.97 Å². The summed E-state index contributed by atoms with van der Waals surface area (Å²) in [5, 5.41) is 9.72. The Labute approximate surface area is 97.7 Å². The average molecular weight is 227 g/mol. The van der Waals surface area contributed by atoms with Crippen LogP contribution in [0.3, 0.4) is 0 Å². The molecule has 1 aromatic carbocycles. The molecule has 0 N–H and O–H groups in total. The summed E-state index contributed by atoms with van der Waals surface area (Å²) in [6.07, 6.45) is 1.34. The number of hydrogen-bond acceptors (Lipinski definition) is 5. The number of rotatable bonds is 2. The number of esters is 1. The molecule has 5 heteroatoms. The normalized spacial score (nSPS) is 11.8. The first-order valence-corrected chi connectivity index (χ1v) is 4.95. The minimum Gasteiger partial charge on any atom is -0.468 e. The van der Waals surface area contributed by atoms with Crippen LogP contribution in [0.5, 0.6) is 0 Å². The number of nitrogens with zero attached hydrogens (tertiary/aromatic N) is 3. The highest BCUT2D eigenvalue weighted by Gasteiger charge is 2.24. The molecular weight excluding hydrogens is 218 g/mol. The first-order chi connectivity index (χ1) is 8.27. The van der Waals surface area contributed by atoms with Gasteiger partial charge in [-0.05, 0) is 6.07 Å². The molecule has 1 unspecified atom stereocenters. The SMILES string of the molecule is COC(=O)C(C#N)c1ncnc2ccccc12. The van der Waals surface area contributed by atoms with E-state index in [-0.39, 0.29) is 0 Å². The van der Waals surface area contributed by atoms with E-state index in [2.05, 4.69) is 14.7 Å². The van der Waals surface area contributed by atoms with Crippen LogP contribution in [0.1, 0.15) is 11.6 Å². The summed E-state index contributed by atoms with van der Waals surface area (Å²) in [7, 11) is 1.25. The third kappa shape index (κ3) is 1.93. The summed E-state index contributed by atoms with van der Waals surface area (Å²) in [5.74, 6) is -1.63. The van der Waals surface area contributed by atoms with Crippen LogP contribution >= 0.6 is 0 Å². The van der Waals surface area contributed by atoms with Crippen LogP contribution in [-0.2, 0) is 9.53 Å². The number of hydrogen-bond donors (Lipinski definition) is 0. The smallest absolute Gasteiger partial charge is 0.329 e. The lowest BCUT2D eigenvalue weighted by molar-refractivity contribution is -0.141. The molecule has 1 atom stereocenters. The molecule has 0 spiro atoms. The first-order valence-electron chi connectivity index (χ1n) is 4.95. The van der Waals surface area contributed by atoms with Crippen LogP contribution in [0.4, 0.5) is 0 Å². The Morgan fingerprint density at radius 1 is 1.41 bits per heavy atom. The van der Waals surface area contributed by atoms with Gasteiger partial charge in [-0.2, -0.15) is 5.26 Å². The molecule has 2 aromatic rings. The Morgan fingerprint density at radius 3 is 2.88 bits per heavy atom. The lowest BCUT2D eigenvalue weighted by Gasteiger charge is -2.08. The van der Waals surface area contributed by atoms with E-state index in [4.69, 9.17) is 5.26 Å². The maximum atomic E-state index is 11.5. The number of methoxy groups -OCH3 is 1. The highest BCUT2D eigenvalue weighted by molar-refractivity contribution is 5.89. The fraction of sp³-hybridized carbons (Fsp3) is 0.167. The van der Waals surface area contributed by atoms with Gasteiger partial charge in [0.05, 0.1) is 24.4 Å². The van der Waals surface area contributed by atoms with Crippen LogP contribution in [0, 0.1) is 11.3 Å². The minimum absolute atomic E-state index is 0.380. The molecule has 0 aliphatic carbocycles. The van der Waals surface area contributed by atoms with Gasteiger partial charge in [-0.1, -0.05) is 18.2 Å². The van der Waals surface area contributed by atoms with Crippen molar-refractivity contribution in [1.29, 1.82) is 5.26 Å². The highest BCUT2D eigenvalue weighted by atomic mass is 16.5. The van der Waals surface area contributed by atoms with Crippen molar-refractivity contribution in [1.82, 2.24) is 9.97 Å². The van der Waals surface area contributed by atoms with Crippen LogP contribution in [-0.4, -0.2) is 23.0 Å². The molecule has 0 bridgehead atoms. The molecule has 2 rings (SSSR count). The van der Waals surface area contributed by atoms with Crippen molar-refractivity contribution < 1.29 is 9.53 Å². The zero-order valence-corrected chi connectivity index (χ0v) is 9.12. The van der Waals surface area contributed by atoms with Crippen molar-refractivity contribution in [3.05, 3.63) is 36.3 Å². The molecule has 0 saturated heterocycles. The number of nitriles is 1. The van der Waals surface area contributed by atoms with Gasteiger partial charge in [0, 0.05) is 5.39 Å². The zero-order chi connectivity index (χ0) is 12.3. The number of para-hydroxylation sites is 1. The van der Waals surface area contributed by atoms with E-state index >= 15 is 0 Å². The van der Waals surface area contributed by atoms with Crippen molar-refractivity contribution in [3.8, 4) is 6.07 Å². The Morgan fingerprint density at radius 2 is 2.18 bits per heavy atom. The molecule has 0 aliphatic rings. The second kappa shape index (κ2) is 4.58. The summed E-state index contributed by atoms with van der Waals surface area (Å²) in [6.45, 7) is 0. The summed E-state index contributed by atoms with van der Waals surface area (Å²) in [5.41, 5.74) is 1.08. The molecule has 0 amide bonds. The van der Waals surface area contributed by atoms with Crippen LogP contribution in [0.15, 0.2) is 30.6 Å². The highest BCUT2D eigenvalue weighted by Crippen LogP contribution is 2.22. The third-order valence-electron chi connectivity index (χ3n) is 2.41. The maximum absolute atomic E-state index is 11.5. The second-order valence-electron chi connectivity index (χ2n) is 3.36. The van der Waals surface area contributed by atoms with Crippen molar-refractivity contribution >= 4 is 16.9 Å². The second-order valence-corrected chi connectivity index (χ2v) is 3.36. The van der Waals surface area contributed by atoms with Crippen molar-refractivity contribution in [2.75, 3.05) is 7.11 Å². The van der Waals surface area contributed by atoms with Gasteiger partial charge in [0.25, 0.3) is 0 Å². The van der Waals surface area contributed by atoms with E-state index in [9.17, 15) is 4.79 Å². The predicted molar refractivity (Wildman–Crippen MR) is 59.9 cm³/mol. The first kappa shape index (κ1) is 11.0. The van der Waals surface area contributed by atoms with E-state index in [1.165, 1.54) is 13.4 Å². The average Bonchev–Trinajstić information content (AvgIpc) is 2.39. The number of carbonyl (C=O) groups excluding carboxylic acids is 1. The van der Waals surface area contributed by atoms with Gasteiger partial charge in [0.1, 0.15) is 6.33 Å². The maximum Gasteiger partial charge on any atom is 0.329 e. The van der Waals surface area contributed by atoms with Crippen LogP contribution < -0.4 is 0 Å². The van der Waals surface area contributed by atoms with Crippen LogP contribution in [0.2, 0.25) is 0 Å². The number of fused-ring (bicyclic) bond motifs is 1. The standard InChI is InChI=1S/C12H9N3O2/c1-17-12(16)9(6-13)11-8-4-2-3-5-10(8)14-7-15-11/h2-5,7,9H,1H3. The lowest BCUT2D eigenvalue weighted by Crippen LogP contribution is -2.14. The largest absolute Gasteiger partial charge is 0.468 e. The molecule has 0 radical (unpaired) electrons. The van der Waals surface area contributed by atoms with Crippen molar-refractivity contribution in [3.63, 3.8) is 0 Å². The quantitative estimate of drug-likeness (QED) is 0.725. The predicted octanol–water partition coefficient (Wildman–Crippen LogP) is 1.41. The van der Waals surface area contributed by atoms with Gasteiger partial charge in [-0.3, -0.25) is 4.79 Å². The Kier molecular flexibility index (Phi) is 2.97. The summed E-state index contributed by atoms with van der Waals surface area (Å²) in [6, 6.07) is 9.11. The topological polar surface area (TPSA) is 75.9 Å². The minimum atomic E-state index is -1.02. The van der Waals surface area contributed by atoms with Crippen LogP contribution in [0.25, 0.3) is 10.9 Å². The van der Waals surface area contributed by atoms with E-state index in [0.717, 1.165) is 0 Å². The van der Waals surface area contributed by atoms with E-state index in [1.807, 2.05) is 12.1 Å². The number of benzene rings is 1. The fourth-order valence-electron chi connectivity index (χ4n) is 1.60. The molecule has 0 fully saturated rings. The lowest BCUT2D eigenvalue weighted by atomic mass is 10.0. The molecule has 1 heterocycles. The third-order valence-corrected chi connectivity index (χ3v) is 2.41. The Bertz CT molecular complexity index is 599. The fourth-order valence-corrected chi connectivity index (χ4v) is 1.60. The summed E-state index contributed by atoms with van der Waals surface area (Å²) < 4.78 is 4.58. The van der Waals surface area contributed by atoms with Gasteiger partial charge in [-0.15, -0.1) is 0 Å². The van der Waals surface area contributed by atoms with E-state index in [0.29, 0.717) is 16.6 Å². The van der Waals surface area contributed by atoms with E-state index in [1.54, 1.807) is 18.2 Å². The number of ether oxygens (including phenoxy) is 1. The number of aromatic nitrogens is 2. The monoisotopic (exact) mass is 227 g/mol.